The van der Waals surface area contributed by atoms with Crippen LogP contribution in [-0.4, -0.2) is 25.5 Å². The number of hydrogen-bond acceptors (Lipinski definition) is 2. The maximum absolute atomic E-state index is 11.9. The predicted molar refractivity (Wildman–Crippen MR) is 74.8 cm³/mol. The van der Waals surface area contributed by atoms with E-state index in [1.165, 1.54) is 32.1 Å². The van der Waals surface area contributed by atoms with Gasteiger partial charge in [-0.25, -0.2) is 0 Å². The molecular formula is C14H25ClN2O. The van der Waals surface area contributed by atoms with Gasteiger partial charge >= 0.3 is 0 Å². The molecule has 2 N–H and O–H groups in total. The lowest BCUT2D eigenvalue weighted by Gasteiger charge is -2.21. The zero-order chi connectivity index (χ0) is 11.7. The van der Waals surface area contributed by atoms with E-state index in [0.717, 1.165) is 37.9 Å². The van der Waals surface area contributed by atoms with E-state index in [2.05, 4.69) is 10.6 Å². The minimum atomic E-state index is 0. The van der Waals surface area contributed by atoms with E-state index in [0.29, 0.717) is 17.7 Å². The molecule has 4 unspecified atom stereocenters. The molecule has 1 amide bonds. The van der Waals surface area contributed by atoms with E-state index in [1.54, 1.807) is 0 Å². The first-order valence-corrected chi connectivity index (χ1v) is 7.28. The summed E-state index contributed by atoms with van der Waals surface area (Å²) >= 11 is 0. The Morgan fingerprint density at radius 3 is 2.72 bits per heavy atom. The van der Waals surface area contributed by atoms with Gasteiger partial charge in [0.15, 0.2) is 0 Å². The Hall–Kier alpha value is -0.280. The number of hydrogen-bond donors (Lipinski definition) is 2. The van der Waals surface area contributed by atoms with Crippen LogP contribution in [0.25, 0.3) is 0 Å². The van der Waals surface area contributed by atoms with E-state index in [-0.39, 0.29) is 12.4 Å². The Morgan fingerprint density at radius 1 is 1.22 bits per heavy atom. The van der Waals surface area contributed by atoms with E-state index >= 15 is 0 Å². The number of rotatable bonds is 4. The molecule has 0 aromatic rings. The van der Waals surface area contributed by atoms with E-state index in [1.807, 2.05) is 0 Å². The van der Waals surface area contributed by atoms with Crippen molar-refractivity contribution >= 4 is 18.3 Å². The first kappa shape index (κ1) is 14.1. The molecule has 0 radical (unpaired) electrons. The summed E-state index contributed by atoms with van der Waals surface area (Å²) in [6.07, 6.45) is 7.55. The summed E-state index contributed by atoms with van der Waals surface area (Å²) in [4.78, 5) is 11.9. The highest BCUT2D eigenvalue weighted by Crippen LogP contribution is 2.49. The van der Waals surface area contributed by atoms with Crippen molar-refractivity contribution in [1.29, 1.82) is 0 Å². The molecule has 18 heavy (non-hydrogen) atoms. The van der Waals surface area contributed by atoms with E-state index in [9.17, 15) is 4.79 Å². The molecule has 1 aliphatic heterocycles. The lowest BCUT2D eigenvalue weighted by atomic mass is 9.86. The van der Waals surface area contributed by atoms with Crippen LogP contribution in [0.15, 0.2) is 0 Å². The average molecular weight is 273 g/mol. The molecule has 4 heteroatoms. The Morgan fingerprint density at radius 2 is 2.11 bits per heavy atom. The molecule has 1 heterocycles. The number of carbonyl (C=O) groups excluding carboxylic acids is 1. The number of fused-ring (bicyclic) bond motifs is 2. The Bertz CT molecular complexity index is 292. The molecular weight excluding hydrogens is 248 g/mol. The van der Waals surface area contributed by atoms with Crippen LogP contribution in [0.2, 0.25) is 0 Å². The largest absolute Gasteiger partial charge is 0.356 e. The number of halogens is 1. The van der Waals surface area contributed by atoms with Gasteiger partial charge in [-0.1, -0.05) is 6.42 Å². The number of carbonyl (C=O) groups is 1. The van der Waals surface area contributed by atoms with Crippen molar-refractivity contribution in [3.05, 3.63) is 0 Å². The third kappa shape index (κ3) is 3.18. The second-order valence-corrected chi connectivity index (χ2v) is 6.30. The zero-order valence-corrected chi connectivity index (χ0v) is 11.8. The zero-order valence-electron chi connectivity index (χ0n) is 11.0. The van der Waals surface area contributed by atoms with Crippen LogP contribution in [0.3, 0.4) is 0 Å². The second kappa shape index (κ2) is 6.25. The van der Waals surface area contributed by atoms with E-state index < -0.39 is 0 Å². The van der Waals surface area contributed by atoms with Crippen LogP contribution in [0.1, 0.15) is 38.5 Å². The van der Waals surface area contributed by atoms with Crippen molar-refractivity contribution in [3.8, 4) is 0 Å². The summed E-state index contributed by atoms with van der Waals surface area (Å²) in [5.74, 6) is 3.50. The first-order valence-electron chi connectivity index (χ1n) is 7.28. The molecule has 104 valence electrons. The Kier molecular flexibility index (Phi) is 4.91. The van der Waals surface area contributed by atoms with Gasteiger partial charge in [-0.3, -0.25) is 4.79 Å². The van der Waals surface area contributed by atoms with Gasteiger partial charge in [-0.05, 0) is 62.4 Å². The fourth-order valence-electron chi connectivity index (χ4n) is 4.08. The van der Waals surface area contributed by atoms with Crippen molar-refractivity contribution in [1.82, 2.24) is 10.6 Å². The van der Waals surface area contributed by atoms with Crippen molar-refractivity contribution in [2.45, 2.75) is 38.5 Å². The minimum absolute atomic E-state index is 0. The Balaban J connectivity index is 0.00000120. The van der Waals surface area contributed by atoms with Crippen LogP contribution >= 0.6 is 12.4 Å². The molecule has 4 atom stereocenters. The molecule has 2 saturated carbocycles. The number of nitrogens with one attached hydrogen (secondary N) is 2. The maximum atomic E-state index is 11.9. The molecule has 3 nitrogen and oxygen atoms in total. The summed E-state index contributed by atoms with van der Waals surface area (Å²) in [6, 6.07) is 0. The van der Waals surface area contributed by atoms with Crippen LogP contribution in [0, 0.1) is 23.7 Å². The Labute approximate surface area is 116 Å². The average Bonchev–Trinajstić information content (AvgIpc) is 3.03. The molecule has 2 aliphatic carbocycles. The fraction of sp³-hybridized carbons (Fsp3) is 0.929. The standard InChI is InChI=1S/C14H24N2O.ClH/c17-14(16-9-11-3-4-15-8-11)7-13-6-10-1-2-12(13)5-10;/h10-13,15H,1-9H2,(H,16,17);1H. The van der Waals surface area contributed by atoms with Gasteiger partial charge < -0.3 is 10.6 Å². The summed E-state index contributed by atoms with van der Waals surface area (Å²) < 4.78 is 0. The van der Waals surface area contributed by atoms with Crippen molar-refractivity contribution in [3.63, 3.8) is 0 Å². The third-order valence-corrected chi connectivity index (χ3v) is 5.08. The van der Waals surface area contributed by atoms with Crippen LogP contribution < -0.4 is 10.6 Å². The van der Waals surface area contributed by atoms with Gasteiger partial charge in [-0.2, -0.15) is 0 Å². The van der Waals surface area contributed by atoms with Crippen molar-refractivity contribution in [2.75, 3.05) is 19.6 Å². The van der Waals surface area contributed by atoms with Crippen molar-refractivity contribution in [2.24, 2.45) is 23.7 Å². The summed E-state index contributed by atoms with van der Waals surface area (Å²) in [5, 5.41) is 6.47. The second-order valence-electron chi connectivity index (χ2n) is 6.30. The maximum Gasteiger partial charge on any atom is 0.220 e. The highest BCUT2D eigenvalue weighted by Gasteiger charge is 2.40. The number of amides is 1. The van der Waals surface area contributed by atoms with Crippen LogP contribution in [0.5, 0.6) is 0 Å². The molecule has 0 aromatic carbocycles. The minimum Gasteiger partial charge on any atom is -0.356 e. The van der Waals surface area contributed by atoms with Gasteiger partial charge in [0.05, 0.1) is 0 Å². The van der Waals surface area contributed by atoms with Gasteiger partial charge in [-0.15, -0.1) is 12.4 Å². The fourth-order valence-corrected chi connectivity index (χ4v) is 4.08. The third-order valence-electron chi connectivity index (χ3n) is 5.08. The van der Waals surface area contributed by atoms with Crippen molar-refractivity contribution < 1.29 is 4.79 Å². The predicted octanol–water partition coefficient (Wildman–Crippen LogP) is 1.96. The molecule has 1 saturated heterocycles. The lowest BCUT2D eigenvalue weighted by molar-refractivity contribution is -0.122. The highest BCUT2D eigenvalue weighted by molar-refractivity contribution is 5.85. The molecule has 0 aromatic heterocycles. The molecule has 0 spiro atoms. The highest BCUT2D eigenvalue weighted by atomic mass is 35.5. The van der Waals surface area contributed by atoms with Crippen LogP contribution in [-0.2, 0) is 4.79 Å². The normalized spacial score (nSPS) is 37.6. The molecule has 3 fully saturated rings. The lowest BCUT2D eigenvalue weighted by Crippen LogP contribution is -2.32. The quantitative estimate of drug-likeness (QED) is 0.822. The SMILES string of the molecule is Cl.O=C(CC1CC2CCC1C2)NCC1CCNC1. The first-order chi connectivity index (χ1) is 8.31. The molecule has 3 aliphatic rings. The van der Waals surface area contributed by atoms with E-state index in [4.69, 9.17) is 0 Å². The summed E-state index contributed by atoms with van der Waals surface area (Å²) in [6.45, 7) is 3.08. The topological polar surface area (TPSA) is 41.1 Å². The monoisotopic (exact) mass is 272 g/mol. The van der Waals surface area contributed by atoms with Gasteiger partial charge in [0.2, 0.25) is 5.91 Å². The van der Waals surface area contributed by atoms with Crippen LogP contribution in [0.4, 0.5) is 0 Å². The molecule has 3 rings (SSSR count). The summed E-state index contributed by atoms with van der Waals surface area (Å²) in [5.41, 5.74) is 0. The smallest absolute Gasteiger partial charge is 0.220 e. The van der Waals surface area contributed by atoms with Gasteiger partial charge in [0.25, 0.3) is 0 Å². The molecule has 2 bridgehead atoms. The van der Waals surface area contributed by atoms with Gasteiger partial charge in [0, 0.05) is 13.0 Å². The van der Waals surface area contributed by atoms with Gasteiger partial charge in [0.1, 0.15) is 0 Å². The summed E-state index contributed by atoms with van der Waals surface area (Å²) in [7, 11) is 0.